The van der Waals surface area contributed by atoms with E-state index in [-0.39, 0.29) is 5.56 Å². The lowest BCUT2D eigenvalue weighted by Crippen LogP contribution is -1.94. The van der Waals surface area contributed by atoms with E-state index < -0.39 is 5.97 Å². The first-order chi connectivity index (χ1) is 9.22. The molecule has 6 heteroatoms. The quantitative estimate of drug-likeness (QED) is 0.789. The van der Waals surface area contributed by atoms with Gasteiger partial charge in [-0.2, -0.15) is 0 Å². The Hall–Kier alpha value is -2.34. The molecule has 0 radical (unpaired) electrons. The lowest BCUT2D eigenvalue weighted by molar-refractivity contribution is 0.0697. The van der Waals surface area contributed by atoms with Gasteiger partial charge < -0.3 is 9.52 Å². The summed E-state index contributed by atoms with van der Waals surface area (Å²) < 4.78 is 5.51. The third-order valence-electron chi connectivity index (χ3n) is 2.45. The Bertz CT molecular complexity index is 740. The van der Waals surface area contributed by atoms with Crippen LogP contribution in [-0.2, 0) is 0 Å². The summed E-state index contributed by atoms with van der Waals surface area (Å²) in [6.45, 7) is 0. The monoisotopic (exact) mass is 272 g/mol. The Kier molecular flexibility index (Phi) is 2.92. The third kappa shape index (κ3) is 2.43. The van der Waals surface area contributed by atoms with Crippen molar-refractivity contribution in [1.29, 1.82) is 0 Å². The average molecular weight is 272 g/mol. The van der Waals surface area contributed by atoms with Crippen LogP contribution in [0.1, 0.15) is 10.4 Å². The molecule has 19 heavy (non-hydrogen) atoms. The fourth-order valence-corrected chi connectivity index (χ4v) is 2.29. The normalized spacial score (nSPS) is 10.7. The van der Waals surface area contributed by atoms with E-state index in [0.29, 0.717) is 16.3 Å². The Morgan fingerprint density at radius 1 is 1.26 bits per heavy atom. The number of fused-ring (bicyclic) bond motifs is 1. The van der Waals surface area contributed by atoms with Gasteiger partial charge in [-0.05, 0) is 42.1 Å². The zero-order valence-electron chi connectivity index (χ0n) is 9.61. The van der Waals surface area contributed by atoms with Crippen molar-refractivity contribution in [3.05, 3.63) is 48.2 Å². The Labute approximate surface area is 112 Å². The molecule has 0 fully saturated rings. The van der Waals surface area contributed by atoms with Gasteiger partial charge in [0.25, 0.3) is 5.22 Å². The molecule has 0 aliphatic rings. The minimum absolute atomic E-state index is 0.179. The Balaban J connectivity index is 1.95. The maximum Gasteiger partial charge on any atom is 0.335 e. The predicted octanol–water partition coefficient (Wildman–Crippen LogP) is 3.07. The molecule has 0 bridgehead atoms. The second-order valence-corrected chi connectivity index (χ2v) is 4.71. The lowest BCUT2D eigenvalue weighted by Gasteiger charge is -1.93. The molecule has 5 nitrogen and oxygen atoms in total. The Morgan fingerprint density at radius 2 is 2.16 bits per heavy atom. The smallest absolute Gasteiger partial charge is 0.335 e. The van der Waals surface area contributed by atoms with E-state index in [0.717, 1.165) is 5.03 Å². The van der Waals surface area contributed by atoms with Crippen molar-refractivity contribution in [2.24, 2.45) is 0 Å². The Morgan fingerprint density at radius 3 is 2.89 bits per heavy atom. The highest BCUT2D eigenvalue weighted by Crippen LogP contribution is 2.28. The summed E-state index contributed by atoms with van der Waals surface area (Å²) in [5.41, 5.74) is 1.26. The molecule has 0 spiro atoms. The summed E-state index contributed by atoms with van der Waals surface area (Å²) in [6, 6.07) is 10.2. The number of oxazole rings is 1. The van der Waals surface area contributed by atoms with Crippen molar-refractivity contribution in [3.8, 4) is 0 Å². The van der Waals surface area contributed by atoms with E-state index in [1.807, 2.05) is 18.2 Å². The number of aromatic nitrogens is 2. The number of hydrogen-bond donors (Lipinski definition) is 1. The topological polar surface area (TPSA) is 76.2 Å². The molecule has 1 aromatic carbocycles. The number of hydrogen-bond acceptors (Lipinski definition) is 5. The van der Waals surface area contributed by atoms with Crippen LogP contribution in [0.25, 0.3) is 11.1 Å². The molecule has 0 aliphatic heterocycles. The molecule has 0 unspecified atom stereocenters. The highest BCUT2D eigenvalue weighted by molar-refractivity contribution is 7.99. The molecular weight excluding hydrogens is 264 g/mol. The van der Waals surface area contributed by atoms with Gasteiger partial charge in [0.1, 0.15) is 10.5 Å². The number of benzene rings is 1. The van der Waals surface area contributed by atoms with Crippen molar-refractivity contribution in [3.63, 3.8) is 0 Å². The summed E-state index contributed by atoms with van der Waals surface area (Å²) in [4.78, 5) is 19.3. The first kappa shape index (κ1) is 11.7. The van der Waals surface area contributed by atoms with E-state index in [1.165, 1.54) is 23.9 Å². The van der Waals surface area contributed by atoms with Gasteiger partial charge >= 0.3 is 5.97 Å². The predicted molar refractivity (Wildman–Crippen MR) is 69.3 cm³/mol. The zero-order valence-corrected chi connectivity index (χ0v) is 10.4. The summed E-state index contributed by atoms with van der Waals surface area (Å²) in [7, 11) is 0. The maximum absolute atomic E-state index is 10.9. The summed E-state index contributed by atoms with van der Waals surface area (Å²) >= 11 is 1.29. The number of carboxylic acids is 1. The second-order valence-electron chi connectivity index (χ2n) is 3.74. The van der Waals surface area contributed by atoms with Gasteiger partial charge in [-0.1, -0.05) is 6.07 Å². The second kappa shape index (κ2) is 4.74. The SMILES string of the molecule is O=C(O)c1ccc2nc(Sc3ccccn3)oc2c1. The fourth-order valence-electron chi connectivity index (χ4n) is 1.58. The number of nitrogens with zero attached hydrogens (tertiary/aromatic N) is 2. The molecule has 1 N–H and O–H groups in total. The van der Waals surface area contributed by atoms with Crippen LogP contribution in [0.2, 0.25) is 0 Å². The molecule has 0 amide bonds. The molecule has 0 atom stereocenters. The molecule has 2 heterocycles. The van der Waals surface area contributed by atoms with Crippen LogP contribution in [-0.4, -0.2) is 21.0 Å². The van der Waals surface area contributed by atoms with E-state index in [9.17, 15) is 4.79 Å². The van der Waals surface area contributed by atoms with Gasteiger partial charge in [0.15, 0.2) is 5.58 Å². The molecule has 2 aromatic heterocycles. The number of carboxylic acid groups (broad SMARTS) is 1. The van der Waals surface area contributed by atoms with Gasteiger partial charge in [0, 0.05) is 6.20 Å². The van der Waals surface area contributed by atoms with Crippen molar-refractivity contribution < 1.29 is 14.3 Å². The van der Waals surface area contributed by atoms with E-state index in [4.69, 9.17) is 9.52 Å². The van der Waals surface area contributed by atoms with Gasteiger partial charge in [-0.15, -0.1) is 0 Å². The molecule has 0 saturated carbocycles. The zero-order chi connectivity index (χ0) is 13.2. The summed E-state index contributed by atoms with van der Waals surface area (Å²) in [5.74, 6) is -0.989. The van der Waals surface area contributed by atoms with Gasteiger partial charge in [0.05, 0.1) is 5.56 Å². The maximum atomic E-state index is 10.9. The lowest BCUT2D eigenvalue weighted by atomic mass is 10.2. The average Bonchev–Trinajstić information content (AvgIpc) is 2.80. The first-order valence-electron chi connectivity index (χ1n) is 5.45. The van der Waals surface area contributed by atoms with Crippen molar-refractivity contribution in [2.45, 2.75) is 10.2 Å². The largest absolute Gasteiger partial charge is 0.478 e. The highest BCUT2D eigenvalue weighted by Gasteiger charge is 2.11. The van der Waals surface area contributed by atoms with Gasteiger partial charge in [-0.25, -0.2) is 14.8 Å². The third-order valence-corrected chi connectivity index (χ3v) is 3.25. The van der Waals surface area contributed by atoms with Crippen molar-refractivity contribution in [1.82, 2.24) is 9.97 Å². The molecule has 3 rings (SSSR count). The number of aromatic carboxylic acids is 1. The van der Waals surface area contributed by atoms with Crippen LogP contribution in [0.5, 0.6) is 0 Å². The first-order valence-corrected chi connectivity index (χ1v) is 6.27. The molecule has 3 aromatic rings. The van der Waals surface area contributed by atoms with E-state index in [2.05, 4.69) is 9.97 Å². The van der Waals surface area contributed by atoms with Crippen LogP contribution >= 0.6 is 11.8 Å². The molecule has 0 aliphatic carbocycles. The highest BCUT2D eigenvalue weighted by atomic mass is 32.2. The standard InChI is InChI=1S/C13H8N2O3S/c16-12(17)8-4-5-9-10(7-8)18-13(15-9)19-11-3-1-2-6-14-11/h1-7H,(H,16,17). The van der Waals surface area contributed by atoms with Crippen LogP contribution in [0.3, 0.4) is 0 Å². The van der Waals surface area contributed by atoms with Gasteiger partial charge in [0.2, 0.25) is 0 Å². The minimum atomic E-state index is -0.989. The summed E-state index contributed by atoms with van der Waals surface area (Å²) in [5, 5.41) is 10.1. The van der Waals surface area contributed by atoms with Crippen LogP contribution in [0.15, 0.2) is 57.3 Å². The number of carbonyl (C=O) groups is 1. The van der Waals surface area contributed by atoms with E-state index in [1.54, 1.807) is 12.3 Å². The van der Waals surface area contributed by atoms with Crippen molar-refractivity contribution >= 4 is 28.8 Å². The minimum Gasteiger partial charge on any atom is -0.478 e. The molecule has 94 valence electrons. The van der Waals surface area contributed by atoms with Crippen LogP contribution in [0, 0.1) is 0 Å². The van der Waals surface area contributed by atoms with Gasteiger partial charge in [-0.3, -0.25) is 0 Å². The fraction of sp³-hybridized carbons (Fsp3) is 0. The van der Waals surface area contributed by atoms with Crippen LogP contribution < -0.4 is 0 Å². The van der Waals surface area contributed by atoms with Crippen LogP contribution in [0.4, 0.5) is 0 Å². The molecular formula is C13H8N2O3S. The number of rotatable bonds is 3. The summed E-state index contributed by atoms with van der Waals surface area (Å²) in [6.07, 6.45) is 1.69. The van der Waals surface area contributed by atoms with Crippen molar-refractivity contribution in [2.75, 3.05) is 0 Å². The molecule has 0 saturated heterocycles. The number of pyridine rings is 1. The van der Waals surface area contributed by atoms with E-state index >= 15 is 0 Å².